The van der Waals surface area contributed by atoms with Crippen molar-refractivity contribution in [1.82, 2.24) is 14.5 Å². The van der Waals surface area contributed by atoms with E-state index in [4.69, 9.17) is 9.97 Å². The molecule has 2 heterocycles. The summed E-state index contributed by atoms with van der Waals surface area (Å²) in [7, 11) is 0. The minimum atomic E-state index is 0.499. The van der Waals surface area contributed by atoms with E-state index in [-0.39, 0.29) is 0 Å². The van der Waals surface area contributed by atoms with Crippen LogP contribution in [-0.2, 0) is 12.8 Å². The lowest BCUT2D eigenvalue weighted by Gasteiger charge is -2.28. The Labute approximate surface area is 285 Å². The van der Waals surface area contributed by atoms with Gasteiger partial charge in [0.05, 0.1) is 16.6 Å². The van der Waals surface area contributed by atoms with E-state index in [2.05, 4.69) is 144 Å². The van der Waals surface area contributed by atoms with E-state index in [0.717, 1.165) is 41.2 Å². The Balaban J connectivity index is 1.09. The standard InChI is InChI=1S/C46H33N3/c1-2-10-30(11-3-1)18-19-34-27-36-26-32(22-24-38(36)39-14-6-5-13-37(34)39)33-21-20-31-23-25-44-45(41(31)28-33)40-15-7-9-17-43(40)49(44)46-47-29-35-12-4-8-16-42(35)48-46/h1-17,20-26,28-29,34H,18-19,27H2. The van der Waals surface area contributed by atoms with Crippen molar-refractivity contribution in [3.05, 3.63) is 175 Å². The van der Waals surface area contributed by atoms with Gasteiger partial charge in [0, 0.05) is 22.4 Å². The van der Waals surface area contributed by atoms with Gasteiger partial charge in [-0.05, 0) is 99.2 Å². The number of benzene rings is 7. The third-order valence-electron chi connectivity index (χ3n) is 10.6. The Morgan fingerprint density at radius 3 is 2.33 bits per heavy atom. The molecule has 1 atom stereocenters. The van der Waals surface area contributed by atoms with E-state index in [1.807, 2.05) is 18.3 Å². The topological polar surface area (TPSA) is 30.7 Å². The average Bonchev–Trinajstić information content (AvgIpc) is 3.51. The van der Waals surface area contributed by atoms with Gasteiger partial charge in [-0.3, -0.25) is 4.57 Å². The first-order valence-corrected chi connectivity index (χ1v) is 17.2. The Kier molecular flexibility index (Phi) is 6.45. The highest BCUT2D eigenvalue weighted by atomic mass is 15.2. The van der Waals surface area contributed by atoms with Gasteiger partial charge in [-0.15, -0.1) is 0 Å². The van der Waals surface area contributed by atoms with Crippen LogP contribution in [0.4, 0.5) is 0 Å². The number of hydrogen-bond donors (Lipinski definition) is 0. The van der Waals surface area contributed by atoms with Crippen molar-refractivity contribution >= 4 is 43.5 Å². The molecule has 0 bridgehead atoms. The van der Waals surface area contributed by atoms with Gasteiger partial charge in [-0.2, -0.15) is 0 Å². The number of rotatable bonds is 5. The fraction of sp³-hybridized carbons (Fsp3) is 0.0870. The highest BCUT2D eigenvalue weighted by molar-refractivity contribution is 6.21. The second kappa shape index (κ2) is 11.3. The molecular formula is C46H33N3. The Morgan fingerprint density at radius 1 is 0.592 bits per heavy atom. The van der Waals surface area contributed by atoms with Gasteiger partial charge >= 0.3 is 0 Å². The predicted molar refractivity (Wildman–Crippen MR) is 203 cm³/mol. The monoisotopic (exact) mass is 627 g/mol. The predicted octanol–water partition coefficient (Wildman–Crippen LogP) is 11.5. The van der Waals surface area contributed by atoms with Crippen molar-refractivity contribution in [2.45, 2.75) is 25.2 Å². The second-order valence-corrected chi connectivity index (χ2v) is 13.4. The Morgan fingerprint density at radius 2 is 1.37 bits per heavy atom. The van der Waals surface area contributed by atoms with Crippen LogP contribution < -0.4 is 0 Å². The normalized spacial score (nSPS) is 14.0. The maximum absolute atomic E-state index is 5.01. The van der Waals surface area contributed by atoms with Crippen LogP contribution in [0.1, 0.15) is 29.0 Å². The lowest BCUT2D eigenvalue weighted by molar-refractivity contribution is 0.616. The van der Waals surface area contributed by atoms with E-state index in [1.54, 1.807) is 0 Å². The fourth-order valence-corrected chi connectivity index (χ4v) is 8.17. The molecule has 1 aliphatic carbocycles. The van der Waals surface area contributed by atoms with Gasteiger partial charge in [-0.1, -0.05) is 127 Å². The summed E-state index contributed by atoms with van der Waals surface area (Å²) in [5.41, 5.74) is 12.8. The number of para-hydroxylation sites is 2. The molecule has 0 aliphatic heterocycles. The Hall–Kier alpha value is -6.06. The van der Waals surface area contributed by atoms with Crippen LogP contribution in [0.5, 0.6) is 0 Å². The molecule has 0 saturated carbocycles. The minimum Gasteiger partial charge on any atom is -0.278 e. The zero-order valence-corrected chi connectivity index (χ0v) is 27.1. The van der Waals surface area contributed by atoms with Crippen LogP contribution in [0, 0.1) is 0 Å². The molecule has 2 aromatic heterocycles. The highest BCUT2D eigenvalue weighted by Gasteiger charge is 2.25. The van der Waals surface area contributed by atoms with Crippen LogP contribution in [0.3, 0.4) is 0 Å². The van der Waals surface area contributed by atoms with Gasteiger partial charge in [0.1, 0.15) is 0 Å². The molecule has 1 aliphatic rings. The maximum Gasteiger partial charge on any atom is 0.235 e. The van der Waals surface area contributed by atoms with Crippen molar-refractivity contribution in [3.63, 3.8) is 0 Å². The second-order valence-electron chi connectivity index (χ2n) is 13.4. The number of aromatic nitrogens is 3. The molecule has 0 N–H and O–H groups in total. The smallest absolute Gasteiger partial charge is 0.235 e. The molecule has 0 amide bonds. The molecule has 3 heteroatoms. The lowest BCUT2D eigenvalue weighted by Crippen LogP contribution is -2.12. The summed E-state index contributed by atoms with van der Waals surface area (Å²) in [4.78, 5) is 9.85. The van der Waals surface area contributed by atoms with Gasteiger partial charge < -0.3 is 0 Å². The van der Waals surface area contributed by atoms with Crippen molar-refractivity contribution < 1.29 is 0 Å². The largest absolute Gasteiger partial charge is 0.278 e. The number of fused-ring (bicyclic) bond motifs is 9. The molecule has 3 nitrogen and oxygen atoms in total. The van der Waals surface area contributed by atoms with Gasteiger partial charge in [0.2, 0.25) is 5.95 Å². The van der Waals surface area contributed by atoms with Crippen LogP contribution >= 0.6 is 0 Å². The Bertz CT molecular complexity index is 2700. The van der Waals surface area contributed by atoms with Gasteiger partial charge in [0.15, 0.2) is 0 Å². The zero-order valence-electron chi connectivity index (χ0n) is 27.1. The molecule has 232 valence electrons. The van der Waals surface area contributed by atoms with Crippen molar-refractivity contribution in [2.75, 3.05) is 0 Å². The lowest BCUT2D eigenvalue weighted by atomic mass is 9.76. The average molecular weight is 628 g/mol. The molecule has 10 rings (SSSR count). The van der Waals surface area contributed by atoms with Crippen LogP contribution in [0.25, 0.3) is 71.7 Å². The van der Waals surface area contributed by atoms with Crippen molar-refractivity contribution in [3.8, 4) is 28.2 Å². The summed E-state index contributed by atoms with van der Waals surface area (Å²) in [5.74, 6) is 1.19. The van der Waals surface area contributed by atoms with Crippen molar-refractivity contribution in [2.24, 2.45) is 0 Å². The first-order valence-electron chi connectivity index (χ1n) is 17.2. The van der Waals surface area contributed by atoms with E-state index in [0.29, 0.717) is 11.9 Å². The molecule has 9 aromatic rings. The molecule has 0 fully saturated rings. The van der Waals surface area contributed by atoms with Crippen molar-refractivity contribution in [1.29, 1.82) is 0 Å². The molecule has 1 unspecified atom stereocenters. The summed E-state index contributed by atoms with van der Waals surface area (Å²) in [6.07, 6.45) is 5.22. The highest BCUT2D eigenvalue weighted by Crippen LogP contribution is 2.44. The fourth-order valence-electron chi connectivity index (χ4n) is 8.17. The van der Waals surface area contributed by atoms with E-state index < -0.39 is 0 Å². The SMILES string of the molecule is c1ccc(CCC2Cc3cc(-c4ccc5ccc6c(c5c4)c4ccccc4n6-c4ncc5ccccc5n4)ccc3-c3ccccc32)cc1. The zero-order chi connectivity index (χ0) is 32.3. The molecule has 0 saturated heterocycles. The molecule has 49 heavy (non-hydrogen) atoms. The van der Waals surface area contributed by atoms with E-state index in [9.17, 15) is 0 Å². The van der Waals surface area contributed by atoms with Gasteiger partial charge in [0.25, 0.3) is 0 Å². The van der Waals surface area contributed by atoms with Crippen LogP contribution in [-0.4, -0.2) is 14.5 Å². The maximum atomic E-state index is 5.01. The van der Waals surface area contributed by atoms with E-state index in [1.165, 1.54) is 60.5 Å². The third kappa shape index (κ3) is 4.65. The van der Waals surface area contributed by atoms with Gasteiger partial charge in [-0.25, -0.2) is 9.97 Å². The summed E-state index contributed by atoms with van der Waals surface area (Å²) in [6, 6.07) is 55.3. The number of hydrogen-bond acceptors (Lipinski definition) is 2. The summed E-state index contributed by atoms with van der Waals surface area (Å²) >= 11 is 0. The van der Waals surface area contributed by atoms with Crippen LogP contribution in [0.15, 0.2) is 158 Å². The minimum absolute atomic E-state index is 0.499. The quantitative estimate of drug-likeness (QED) is 0.190. The first-order chi connectivity index (χ1) is 24.3. The summed E-state index contributed by atoms with van der Waals surface area (Å²) in [5, 5.41) is 5.96. The molecule has 7 aromatic carbocycles. The third-order valence-corrected chi connectivity index (χ3v) is 10.6. The number of nitrogens with zero attached hydrogens (tertiary/aromatic N) is 3. The first kappa shape index (κ1) is 28.0. The summed E-state index contributed by atoms with van der Waals surface area (Å²) < 4.78 is 2.22. The molecule has 0 spiro atoms. The van der Waals surface area contributed by atoms with Crippen LogP contribution in [0.2, 0.25) is 0 Å². The summed E-state index contributed by atoms with van der Waals surface area (Å²) in [6.45, 7) is 0. The van der Waals surface area contributed by atoms with E-state index >= 15 is 0 Å². The molecule has 0 radical (unpaired) electrons. The number of aryl methyl sites for hydroxylation is 1. The molecular weight excluding hydrogens is 595 g/mol.